The van der Waals surface area contributed by atoms with Crippen LogP contribution in [0, 0.1) is 26.6 Å². The number of anilines is 1. The highest BCUT2D eigenvalue weighted by molar-refractivity contribution is 5.45. The number of aryl methyl sites for hydroxylation is 3. The van der Waals surface area contributed by atoms with Gasteiger partial charge in [-0.1, -0.05) is 13.8 Å². The summed E-state index contributed by atoms with van der Waals surface area (Å²) in [7, 11) is 0. The predicted molar refractivity (Wildman–Crippen MR) is 84.1 cm³/mol. The van der Waals surface area contributed by atoms with Gasteiger partial charge in [0.05, 0.1) is 5.69 Å². The number of halogens is 1. The number of hydrogen-bond donors (Lipinski definition) is 1. The van der Waals surface area contributed by atoms with E-state index in [9.17, 15) is 4.39 Å². The molecule has 0 radical (unpaired) electrons. The van der Waals surface area contributed by atoms with Crippen LogP contribution in [0.15, 0.2) is 18.2 Å². The fraction of sp³-hybridized carbons (Fsp3) is 0.412. The number of hydrogen-bond acceptors (Lipinski definition) is 3. The minimum Gasteiger partial charge on any atom is -0.364 e. The van der Waals surface area contributed by atoms with E-state index in [1.54, 1.807) is 12.1 Å². The van der Waals surface area contributed by atoms with Gasteiger partial charge >= 0.3 is 0 Å². The first-order valence-corrected chi connectivity index (χ1v) is 7.22. The van der Waals surface area contributed by atoms with Gasteiger partial charge in [-0.3, -0.25) is 0 Å². The number of aromatic nitrogens is 2. The molecule has 0 aliphatic heterocycles. The molecule has 0 unspecified atom stereocenters. The molecule has 0 amide bonds. The third-order valence-corrected chi connectivity index (χ3v) is 3.69. The highest BCUT2D eigenvalue weighted by atomic mass is 19.1. The Kier molecular flexibility index (Phi) is 4.56. The first kappa shape index (κ1) is 15.4. The molecule has 0 spiro atoms. The van der Waals surface area contributed by atoms with Crippen molar-refractivity contribution in [2.45, 2.75) is 47.1 Å². The summed E-state index contributed by atoms with van der Waals surface area (Å²) >= 11 is 0. The predicted octanol–water partition coefficient (Wildman–Crippen LogP) is 4.28. The van der Waals surface area contributed by atoms with Crippen LogP contribution in [0.1, 0.15) is 47.7 Å². The molecule has 0 saturated carbocycles. The molecule has 4 heteroatoms. The average Bonchev–Trinajstić information content (AvgIpc) is 2.38. The van der Waals surface area contributed by atoms with E-state index < -0.39 is 0 Å². The van der Waals surface area contributed by atoms with Gasteiger partial charge in [-0.2, -0.15) is 5.10 Å². The van der Waals surface area contributed by atoms with Crippen LogP contribution >= 0.6 is 0 Å². The first-order valence-electron chi connectivity index (χ1n) is 7.22. The summed E-state index contributed by atoms with van der Waals surface area (Å²) in [6, 6.07) is 5.18. The zero-order valence-electron chi connectivity index (χ0n) is 13.3. The summed E-state index contributed by atoms with van der Waals surface area (Å²) in [5.41, 5.74) is 5.07. The summed E-state index contributed by atoms with van der Waals surface area (Å²) in [6.45, 7) is 10.7. The van der Waals surface area contributed by atoms with E-state index in [0.717, 1.165) is 33.8 Å². The number of rotatable bonds is 4. The normalized spacial score (nSPS) is 11.0. The average molecular weight is 287 g/mol. The molecule has 1 heterocycles. The molecule has 1 aromatic heterocycles. The van der Waals surface area contributed by atoms with Gasteiger partial charge in [-0.05, 0) is 67.1 Å². The third kappa shape index (κ3) is 3.57. The topological polar surface area (TPSA) is 37.8 Å². The standard InChI is InChI=1S/C17H22FN3/c1-10(2)16-8-13(5)17(21-20-16)19-9-15-11(3)6-14(18)7-12(15)4/h6-8,10H,9H2,1-5H3,(H,19,21). The third-order valence-electron chi connectivity index (χ3n) is 3.69. The van der Waals surface area contributed by atoms with Crippen molar-refractivity contribution in [1.29, 1.82) is 0 Å². The molecule has 21 heavy (non-hydrogen) atoms. The fourth-order valence-electron chi connectivity index (χ4n) is 2.35. The molecule has 3 nitrogen and oxygen atoms in total. The van der Waals surface area contributed by atoms with E-state index in [1.807, 2.05) is 20.8 Å². The van der Waals surface area contributed by atoms with Crippen LogP contribution in [-0.4, -0.2) is 10.2 Å². The van der Waals surface area contributed by atoms with Gasteiger partial charge in [0.2, 0.25) is 0 Å². The Morgan fingerprint density at radius 3 is 2.14 bits per heavy atom. The van der Waals surface area contributed by atoms with Crippen molar-refractivity contribution in [3.05, 3.63) is 52.0 Å². The highest BCUT2D eigenvalue weighted by Crippen LogP contribution is 2.20. The zero-order chi connectivity index (χ0) is 15.6. The molecule has 112 valence electrons. The van der Waals surface area contributed by atoms with Crippen molar-refractivity contribution in [2.75, 3.05) is 5.32 Å². The Balaban J connectivity index is 2.17. The Hall–Kier alpha value is -1.97. The maximum Gasteiger partial charge on any atom is 0.151 e. The summed E-state index contributed by atoms with van der Waals surface area (Å²) < 4.78 is 13.3. The molecule has 1 aromatic carbocycles. The van der Waals surface area contributed by atoms with Crippen LogP contribution < -0.4 is 5.32 Å². The van der Waals surface area contributed by atoms with Gasteiger partial charge in [0.25, 0.3) is 0 Å². The van der Waals surface area contributed by atoms with E-state index in [2.05, 4.69) is 35.4 Å². The Morgan fingerprint density at radius 1 is 1.00 bits per heavy atom. The van der Waals surface area contributed by atoms with Gasteiger partial charge in [0.15, 0.2) is 5.82 Å². The maximum absolute atomic E-state index is 13.3. The van der Waals surface area contributed by atoms with Gasteiger partial charge in [-0.25, -0.2) is 4.39 Å². The second-order valence-corrected chi connectivity index (χ2v) is 5.83. The van der Waals surface area contributed by atoms with Gasteiger partial charge < -0.3 is 5.32 Å². The largest absolute Gasteiger partial charge is 0.364 e. The lowest BCUT2D eigenvalue weighted by molar-refractivity contribution is 0.624. The number of nitrogens with zero attached hydrogens (tertiary/aromatic N) is 2. The Morgan fingerprint density at radius 2 is 1.62 bits per heavy atom. The lowest BCUT2D eigenvalue weighted by Gasteiger charge is -2.14. The first-order chi connectivity index (χ1) is 9.88. The van der Waals surface area contributed by atoms with Crippen LogP contribution in [-0.2, 0) is 6.54 Å². The molecule has 0 saturated heterocycles. The van der Waals surface area contributed by atoms with Crippen LogP contribution in [0.4, 0.5) is 10.2 Å². The van der Waals surface area contributed by atoms with E-state index >= 15 is 0 Å². The van der Waals surface area contributed by atoms with E-state index in [4.69, 9.17) is 0 Å². The molecule has 0 atom stereocenters. The van der Waals surface area contributed by atoms with Crippen molar-refractivity contribution in [2.24, 2.45) is 0 Å². The second kappa shape index (κ2) is 6.20. The smallest absolute Gasteiger partial charge is 0.151 e. The highest BCUT2D eigenvalue weighted by Gasteiger charge is 2.09. The van der Waals surface area contributed by atoms with Crippen LogP contribution in [0.5, 0.6) is 0 Å². The second-order valence-electron chi connectivity index (χ2n) is 5.83. The lowest BCUT2D eigenvalue weighted by Crippen LogP contribution is -2.08. The summed E-state index contributed by atoms with van der Waals surface area (Å²) in [5, 5.41) is 11.8. The molecule has 2 rings (SSSR count). The zero-order valence-corrected chi connectivity index (χ0v) is 13.3. The van der Waals surface area contributed by atoms with Gasteiger partial charge in [0, 0.05) is 6.54 Å². The minimum absolute atomic E-state index is 0.189. The lowest BCUT2D eigenvalue weighted by atomic mass is 10.0. The van der Waals surface area contributed by atoms with E-state index in [1.165, 1.54) is 0 Å². The van der Waals surface area contributed by atoms with Crippen molar-refractivity contribution in [1.82, 2.24) is 10.2 Å². The van der Waals surface area contributed by atoms with Crippen LogP contribution in [0.25, 0.3) is 0 Å². The van der Waals surface area contributed by atoms with E-state index in [-0.39, 0.29) is 5.82 Å². The SMILES string of the molecule is Cc1cc(C(C)C)nnc1NCc1c(C)cc(F)cc1C. The van der Waals surface area contributed by atoms with Crippen molar-refractivity contribution >= 4 is 5.82 Å². The van der Waals surface area contributed by atoms with Crippen molar-refractivity contribution in [3.8, 4) is 0 Å². The molecule has 1 N–H and O–H groups in total. The Labute approximate surface area is 125 Å². The molecule has 0 fully saturated rings. The Bertz CT molecular complexity index is 627. The maximum atomic E-state index is 13.3. The van der Waals surface area contributed by atoms with Gasteiger partial charge in [0.1, 0.15) is 5.82 Å². The van der Waals surface area contributed by atoms with Crippen molar-refractivity contribution in [3.63, 3.8) is 0 Å². The van der Waals surface area contributed by atoms with Gasteiger partial charge in [-0.15, -0.1) is 5.10 Å². The fourth-order valence-corrected chi connectivity index (χ4v) is 2.35. The molecule has 0 aliphatic rings. The summed E-state index contributed by atoms with van der Waals surface area (Å²) in [5.74, 6) is 0.959. The molecule has 2 aromatic rings. The van der Waals surface area contributed by atoms with E-state index in [0.29, 0.717) is 12.5 Å². The molecule has 0 aliphatic carbocycles. The van der Waals surface area contributed by atoms with Crippen LogP contribution in [0.2, 0.25) is 0 Å². The minimum atomic E-state index is -0.189. The number of nitrogens with one attached hydrogen (secondary N) is 1. The molecular weight excluding hydrogens is 265 g/mol. The molecule has 0 bridgehead atoms. The quantitative estimate of drug-likeness (QED) is 0.912. The molecular formula is C17H22FN3. The number of benzene rings is 1. The summed E-state index contributed by atoms with van der Waals surface area (Å²) in [4.78, 5) is 0. The summed E-state index contributed by atoms with van der Waals surface area (Å²) in [6.07, 6.45) is 0. The van der Waals surface area contributed by atoms with Crippen LogP contribution in [0.3, 0.4) is 0 Å². The monoisotopic (exact) mass is 287 g/mol. The van der Waals surface area contributed by atoms with Crippen molar-refractivity contribution < 1.29 is 4.39 Å².